The molecule has 2 amide bonds. The minimum Gasteiger partial charge on any atom is -0.383 e. The van der Waals surface area contributed by atoms with Gasteiger partial charge in [0.1, 0.15) is 6.04 Å². The maximum Gasteiger partial charge on any atom is 0.239 e. The predicted octanol–water partition coefficient (Wildman–Crippen LogP) is 0.768. The first-order valence-corrected chi connectivity index (χ1v) is 6.40. The SMILES string of the molecule is COCC(N)C(=O)N[C@H](CC(N)=O)c1cccc(Cl)c1.Cl. The standard InChI is InChI=1S/C13H18ClN3O3.ClH/c1-20-7-10(15)13(19)17-11(6-12(16)18)8-3-2-4-9(14)5-8;/h2-5,10-11H,6-7,15H2,1H3,(H2,16,18)(H,17,19);1H/t10?,11-;/m1./s1. The molecule has 0 aromatic heterocycles. The number of methoxy groups -OCH3 is 1. The van der Waals surface area contributed by atoms with E-state index in [0.29, 0.717) is 10.6 Å². The first kappa shape index (κ1) is 19.7. The van der Waals surface area contributed by atoms with Crippen molar-refractivity contribution in [1.29, 1.82) is 0 Å². The highest BCUT2D eigenvalue weighted by atomic mass is 35.5. The molecule has 5 N–H and O–H groups in total. The van der Waals surface area contributed by atoms with Gasteiger partial charge in [0.2, 0.25) is 11.8 Å². The summed E-state index contributed by atoms with van der Waals surface area (Å²) in [4.78, 5) is 23.0. The summed E-state index contributed by atoms with van der Waals surface area (Å²) in [6.45, 7) is 0.0880. The van der Waals surface area contributed by atoms with Crippen LogP contribution in [-0.2, 0) is 14.3 Å². The summed E-state index contributed by atoms with van der Waals surface area (Å²) in [7, 11) is 1.45. The minimum absolute atomic E-state index is 0. The van der Waals surface area contributed by atoms with Gasteiger partial charge < -0.3 is 21.5 Å². The van der Waals surface area contributed by atoms with Crippen LogP contribution in [0, 0.1) is 0 Å². The lowest BCUT2D eigenvalue weighted by atomic mass is 10.0. The molecule has 1 unspecified atom stereocenters. The molecule has 1 rings (SSSR count). The van der Waals surface area contributed by atoms with E-state index < -0.39 is 23.9 Å². The number of amides is 2. The van der Waals surface area contributed by atoms with E-state index in [4.69, 9.17) is 27.8 Å². The monoisotopic (exact) mass is 335 g/mol. The molecule has 1 aromatic carbocycles. The van der Waals surface area contributed by atoms with E-state index in [-0.39, 0.29) is 25.4 Å². The molecule has 0 saturated carbocycles. The van der Waals surface area contributed by atoms with Crippen LogP contribution in [0.5, 0.6) is 0 Å². The summed E-state index contributed by atoms with van der Waals surface area (Å²) in [5.41, 5.74) is 11.5. The third-order valence-corrected chi connectivity index (χ3v) is 2.89. The maximum absolute atomic E-state index is 11.9. The van der Waals surface area contributed by atoms with Crippen molar-refractivity contribution in [2.24, 2.45) is 11.5 Å². The van der Waals surface area contributed by atoms with Crippen LogP contribution in [0.25, 0.3) is 0 Å². The van der Waals surface area contributed by atoms with Crippen molar-refractivity contribution in [2.45, 2.75) is 18.5 Å². The number of hydrogen-bond donors (Lipinski definition) is 3. The number of carbonyl (C=O) groups excluding carboxylic acids is 2. The molecule has 0 aliphatic heterocycles. The highest BCUT2D eigenvalue weighted by molar-refractivity contribution is 6.30. The predicted molar refractivity (Wildman–Crippen MR) is 83.2 cm³/mol. The van der Waals surface area contributed by atoms with Crippen LogP contribution >= 0.6 is 24.0 Å². The molecule has 2 atom stereocenters. The van der Waals surface area contributed by atoms with Crippen LogP contribution in [0.3, 0.4) is 0 Å². The molecule has 0 fully saturated rings. The van der Waals surface area contributed by atoms with Crippen LogP contribution in [0.1, 0.15) is 18.0 Å². The van der Waals surface area contributed by atoms with Crippen molar-refractivity contribution in [3.8, 4) is 0 Å². The average Bonchev–Trinajstić information content (AvgIpc) is 2.37. The third kappa shape index (κ3) is 6.77. The van der Waals surface area contributed by atoms with Gasteiger partial charge in [0.15, 0.2) is 0 Å². The largest absolute Gasteiger partial charge is 0.383 e. The van der Waals surface area contributed by atoms with Gasteiger partial charge in [-0.2, -0.15) is 0 Å². The minimum atomic E-state index is -0.811. The lowest BCUT2D eigenvalue weighted by Gasteiger charge is -2.20. The van der Waals surface area contributed by atoms with Crippen molar-refractivity contribution < 1.29 is 14.3 Å². The molecule has 118 valence electrons. The second kappa shape index (κ2) is 9.57. The Bertz CT molecular complexity index is 485. The summed E-state index contributed by atoms with van der Waals surface area (Å²) in [6, 6.07) is 5.47. The number of hydrogen-bond acceptors (Lipinski definition) is 4. The summed E-state index contributed by atoms with van der Waals surface area (Å²) in [6.07, 6.45) is -0.0359. The molecule has 21 heavy (non-hydrogen) atoms. The van der Waals surface area contributed by atoms with E-state index in [0.717, 1.165) is 0 Å². The molecular formula is C13H19Cl2N3O3. The lowest BCUT2D eigenvalue weighted by molar-refractivity contribution is -0.124. The zero-order valence-electron chi connectivity index (χ0n) is 11.5. The Morgan fingerprint density at radius 2 is 2.10 bits per heavy atom. The fraction of sp³-hybridized carbons (Fsp3) is 0.385. The molecule has 6 nitrogen and oxygen atoms in total. The summed E-state index contributed by atoms with van der Waals surface area (Å²) < 4.78 is 4.81. The van der Waals surface area contributed by atoms with E-state index in [2.05, 4.69) is 5.32 Å². The van der Waals surface area contributed by atoms with Gasteiger partial charge in [0.05, 0.1) is 19.1 Å². The van der Waals surface area contributed by atoms with Crippen LogP contribution < -0.4 is 16.8 Å². The molecule has 0 aliphatic carbocycles. The molecule has 1 aromatic rings. The van der Waals surface area contributed by atoms with E-state index in [9.17, 15) is 9.59 Å². The second-order valence-corrected chi connectivity index (χ2v) is 4.78. The van der Waals surface area contributed by atoms with Gasteiger partial charge in [-0.05, 0) is 17.7 Å². The third-order valence-electron chi connectivity index (χ3n) is 2.66. The van der Waals surface area contributed by atoms with Gasteiger partial charge in [-0.25, -0.2) is 0 Å². The molecule has 0 heterocycles. The summed E-state index contributed by atoms with van der Waals surface area (Å²) in [5.74, 6) is -0.950. The topological polar surface area (TPSA) is 107 Å². The van der Waals surface area contributed by atoms with E-state index >= 15 is 0 Å². The van der Waals surface area contributed by atoms with Crippen molar-refractivity contribution in [3.05, 3.63) is 34.9 Å². The number of rotatable bonds is 7. The molecule has 0 saturated heterocycles. The second-order valence-electron chi connectivity index (χ2n) is 4.35. The number of benzene rings is 1. The van der Waals surface area contributed by atoms with Crippen LogP contribution in [-0.4, -0.2) is 31.6 Å². The Morgan fingerprint density at radius 1 is 1.43 bits per heavy atom. The smallest absolute Gasteiger partial charge is 0.239 e. The van der Waals surface area contributed by atoms with E-state index in [1.165, 1.54) is 7.11 Å². The highest BCUT2D eigenvalue weighted by Gasteiger charge is 2.21. The Hall–Kier alpha value is -1.34. The number of nitrogens with one attached hydrogen (secondary N) is 1. The Balaban J connectivity index is 0.00000400. The Kier molecular flexibility index (Phi) is 8.96. The molecule has 8 heteroatoms. The van der Waals surface area contributed by atoms with Gasteiger partial charge in [-0.15, -0.1) is 12.4 Å². The number of ether oxygens (including phenoxy) is 1. The van der Waals surface area contributed by atoms with E-state index in [1.807, 2.05) is 0 Å². The highest BCUT2D eigenvalue weighted by Crippen LogP contribution is 2.20. The van der Waals surface area contributed by atoms with Gasteiger partial charge in [0.25, 0.3) is 0 Å². The molecule has 0 spiro atoms. The molecule has 0 radical (unpaired) electrons. The Labute approximate surface area is 134 Å². The van der Waals surface area contributed by atoms with Gasteiger partial charge in [-0.1, -0.05) is 23.7 Å². The number of carbonyl (C=O) groups is 2. The number of nitrogens with two attached hydrogens (primary N) is 2. The zero-order valence-corrected chi connectivity index (χ0v) is 13.1. The molecule has 0 aliphatic rings. The van der Waals surface area contributed by atoms with Crippen molar-refractivity contribution in [1.82, 2.24) is 5.32 Å². The fourth-order valence-electron chi connectivity index (χ4n) is 1.71. The van der Waals surface area contributed by atoms with Gasteiger partial charge in [-0.3, -0.25) is 9.59 Å². The van der Waals surface area contributed by atoms with Crippen molar-refractivity contribution >= 4 is 35.8 Å². The average molecular weight is 336 g/mol. The Morgan fingerprint density at radius 3 is 2.62 bits per heavy atom. The van der Waals surface area contributed by atoms with Gasteiger partial charge >= 0.3 is 0 Å². The van der Waals surface area contributed by atoms with Crippen molar-refractivity contribution in [2.75, 3.05) is 13.7 Å². The number of primary amides is 1. The first-order valence-electron chi connectivity index (χ1n) is 6.02. The maximum atomic E-state index is 11.9. The summed E-state index contributed by atoms with van der Waals surface area (Å²) >= 11 is 5.90. The summed E-state index contributed by atoms with van der Waals surface area (Å²) in [5, 5.41) is 3.18. The lowest BCUT2D eigenvalue weighted by Crippen LogP contribution is -2.45. The van der Waals surface area contributed by atoms with Crippen LogP contribution in [0.15, 0.2) is 24.3 Å². The van der Waals surface area contributed by atoms with E-state index in [1.54, 1.807) is 24.3 Å². The van der Waals surface area contributed by atoms with Crippen LogP contribution in [0.4, 0.5) is 0 Å². The molecule has 0 bridgehead atoms. The normalized spacial score (nSPS) is 12.9. The zero-order chi connectivity index (χ0) is 15.1. The molecular weight excluding hydrogens is 317 g/mol. The quantitative estimate of drug-likeness (QED) is 0.683. The first-order chi connectivity index (χ1) is 9.43. The fourth-order valence-corrected chi connectivity index (χ4v) is 1.91. The van der Waals surface area contributed by atoms with Crippen LogP contribution in [0.2, 0.25) is 5.02 Å². The van der Waals surface area contributed by atoms with Gasteiger partial charge in [0, 0.05) is 12.1 Å². The van der Waals surface area contributed by atoms with Crippen molar-refractivity contribution in [3.63, 3.8) is 0 Å². The number of halogens is 2.